The van der Waals surface area contributed by atoms with Crippen LogP contribution in [0.2, 0.25) is 0 Å². The molecule has 3 heteroatoms. The molecule has 0 radical (unpaired) electrons. The monoisotopic (exact) mass is 353 g/mol. The first-order chi connectivity index (χ1) is 13.4. The van der Waals surface area contributed by atoms with E-state index in [1.54, 1.807) is 0 Å². The highest BCUT2D eigenvalue weighted by molar-refractivity contribution is 5.78. The summed E-state index contributed by atoms with van der Waals surface area (Å²) in [7, 11) is 0. The molecule has 0 spiro atoms. The van der Waals surface area contributed by atoms with Gasteiger partial charge in [0.15, 0.2) is 11.4 Å². The number of H-pyrrole nitrogens is 1. The molecule has 1 aromatic heterocycles. The SMILES string of the molecule is c1ccc(-c2[nH]c(-c3ccccc3)[n+](C[C@H]3CO3)c2-c2ccccc2)cc1. The molecule has 0 aliphatic carbocycles. The topological polar surface area (TPSA) is 32.2 Å². The summed E-state index contributed by atoms with van der Waals surface area (Å²) in [6.07, 6.45) is 0.291. The summed E-state index contributed by atoms with van der Waals surface area (Å²) < 4.78 is 7.95. The number of ether oxygens (including phenoxy) is 1. The van der Waals surface area contributed by atoms with Crippen molar-refractivity contribution in [3.8, 4) is 33.9 Å². The molecule has 1 atom stereocenters. The Kier molecular flexibility index (Phi) is 4.07. The van der Waals surface area contributed by atoms with Gasteiger partial charge in [0.25, 0.3) is 5.82 Å². The Balaban J connectivity index is 1.78. The Morgan fingerprint density at radius 3 is 1.81 bits per heavy atom. The largest absolute Gasteiger partial charge is 0.369 e. The van der Waals surface area contributed by atoms with Crippen molar-refractivity contribution in [3.63, 3.8) is 0 Å². The zero-order valence-corrected chi connectivity index (χ0v) is 15.0. The highest BCUT2D eigenvalue weighted by Gasteiger charge is 2.33. The lowest BCUT2D eigenvalue weighted by Crippen LogP contribution is -2.39. The van der Waals surface area contributed by atoms with E-state index >= 15 is 0 Å². The van der Waals surface area contributed by atoms with Gasteiger partial charge in [0.05, 0.1) is 12.2 Å². The number of hydrogen-bond acceptors (Lipinski definition) is 1. The first kappa shape index (κ1) is 16.0. The van der Waals surface area contributed by atoms with Gasteiger partial charge in [-0.05, 0) is 12.1 Å². The van der Waals surface area contributed by atoms with Gasteiger partial charge in [-0.1, -0.05) is 78.9 Å². The molecule has 0 amide bonds. The van der Waals surface area contributed by atoms with Crippen molar-refractivity contribution in [1.29, 1.82) is 0 Å². The predicted molar refractivity (Wildman–Crippen MR) is 107 cm³/mol. The second-order valence-electron chi connectivity index (χ2n) is 6.86. The van der Waals surface area contributed by atoms with Crippen molar-refractivity contribution in [3.05, 3.63) is 91.0 Å². The number of epoxide rings is 1. The summed E-state index contributed by atoms with van der Waals surface area (Å²) in [6, 6.07) is 31.7. The molecule has 3 aromatic carbocycles. The van der Waals surface area contributed by atoms with E-state index in [-0.39, 0.29) is 0 Å². The molecule has 1 aliphatic rings. The number of imidazole rings is 1. The number of rotatable bonds is 5. The number of benzene rings is 3. The fourth-order valence-electron chi connectivity index (χ4n) is 3.59. The smallest absolute Gasteiger partial charge is 0.287 e. The summed E-state index contributed by atoms with van der Waals surface area (Å²) in [5.41, 5.74) is 5.91. The minimum atomic E-state index is 0.291. The van der Waals surface area contributed by atoms with Crippen LogP contribution in [0.4, 0.5) is 0 Å². The van der Waals surface area contributed by atoms with Crippen LogP contribution < -0.4 is 4.57 Å². The quantitative estimate of drug-likeness (QED) is 0.409. The Morgan fingerprint density at radius 1 is 0.741 bits per heavy atom. The Hall–Kier alpha value is -3.17. The summed E-state index contributed by atoms with van der Waals surface area (Å²) >= 11 is 0. The lowest BCUT2D eigenvalue weighted by Gasteiger charge is -2.05. The molecule has 5 rings (SSSR count). The van der Waals surface area contributed by atoms with Crippen molar-refractivity contribution in [1.82, 2.24) is 4.98 Å². The zero-order valence-electron chi connectivity index (χ0n) is 15.0. The van der Waals surface area contributed by atoms with Crippen LogP contribution in [0.5, 0.6) is 0 Å². The summed E-state index contributed by atoms with van der Waals surface area (Å²) in [6.45, 7) is 1.68. The van der Waals surface area contributed by atoms with Crippen LogP contribution >= 0.6 is 0 Å². The third-order valence-corrected chi connectivity index (χ3v) is 4.97. The summed E-state index contributed by atoms with van der Waals surface area (Å²) in [5.74, 6) is 1.11. The normalized spacial score (nSPS) is 15.6. The molecule has 2 heterocycles. The zero-order chi connectivity index (χ0) is 18.1. The van der Waals surface area contributed by atoms with Gasteiger partial charge in [0.2, 0.25) is 0 Å². The molecule has 1 saturated heterocycles. The number of aromatic nitrogens is 2. The van der Waals surface area contributed by atoms with E-state index in [0.717, 1.165) is 24.7 Å². The summed E-state index contributed by atoms with van der Waals surface area (Å²) in [5, 5.41) is 0. The second kappa shape index (κ2) is 6.86. The van der Waals surface area contributed by atoms with Crippen LogP contribution in [0.25, 0.3) is 33.9 Å². The van der Waals surface area contributed by atoms with Crippen LogP contribution in [0.1, 0.15) is 0 Å². The maximum Gasteiger partial charge on any atom is 0.287 e. The number of hydrogen-bond donors (Lipinski definition) is 1. The fourth-order valence-corrected chi connectivity index (χ4v) is 3.59. The molecule has 27 heavy (non-hydrogen) atoms. The van der Waals surface area contributed by atoms with E-state index in [0.29, 0.717) is 6.10 Å². The van der Waals surface area contributed by atoms with Crippen molar-refractivity contribution in [2.75, 3.05) is 6.61 Å². The van der Waals surface area contributed by atoms with Gasteiger partial charge in [-0.2, -0.15) is 0 Å². The maximum atomic E-state index is 5.57. The molecule has 132 valence electrons. The third kappa shape index (κ3) is 3.18. The number of nitrogens with one attached hydrogen (secondary N) is 1. The lowest BCUT2D eigenvalue weighted by molar-refractivity contribution is -0.675. The predicted octanol–water partition coefficient (Wildman–Crippen LogP) is 4.70. The summed E-state index contributed by atoms with van der Waals surface area (Å²) in [4.78, 5) is 3.72. The average molecular weight is 353 g/mol. The van der Waals surface area contributed by atoms with Crippen LogP contribution in [0.3, 0.4) is 0 Å². The first-order valence-electron chi connectivity index (χ1n) is 9.34. The minimum Gasteiger partial charge on any atom is -0.369 e. The number of nitrogens with zero attached hydrogens (tertiary/aromatic N) is 1. The molecule has 1 aliphatic heterocycles. The van der Waals surface area contributed by atoms with Gasteiger partial charge in [0.1, 0.15) is 12.6 Å². The van der Waals surface area contributed by atoms with Crippen LogP contribution in [0, 0.1) is 0 Å². The van der Waals surface area contributed by atoms with Gasteiger partial charge in [-0.25, -0.2) is 9.55 Å². The molecule has 0 saturated carbocycles. The molecule has 0 bridgehead atoms. The van der Waals surface area contributed by atoms with Crippen molar-refractivity contribution in [2.45, 2.75) is 12.6 Å². The Labute approximate surface area is 158 Å². The lowest BCUT2D eigenvalue weighted by atomic mass is 10.0. The van der Waals surface area contributed by atoms with Crippen LogP contribution in [0.15, 0.2) is 91.0 Å². The standard InChI is InChI=1S/C24H20N2O/c1-4-10-18(11-5-1)22-23(19-12-6-2-7-13-19)26(16-21-17-27-21)24(25-22)20-14-8-3-9-15-20/h1-15,21H,16-17H2/p+1/t21-/m0/s1. The van der Waals surface area contributed by atoms with Gasteiger partial charge < -0.3 is 4.74 Å². The first-order valence-corrected chi connectivity index (χ1v) is 9.34. The maximum absolute atomic E-state index is 5.57. The molecule has 1 fully saturated rings. The minimum absolute atomic E-state index is 0.291. The Bertz CT molecular complexity index is 1040. The average Bonchev–Trinajstić information content (AvgIpc) is 3.48. The van der Waals surface area contributed by atoms with Gasteiger partial charge >= 0.3 is 0 Å². The fraction of sp³-hybridized carbons (Fsp3) is 0.125. The van der Waals surface area contributed by atoms with E-state index in [1.165, 1.54) is 22.4 Å². The van der Waals surface area contributed by atoms with E-state index in [4.69, 9.17) is 4.74 Å². The van der Waals surface area contributed by atoms with Gasteiger partial charge in [-0.15, -0.1) is 0 Å². The Morgan fingerprint density at radius 2 is 1.26 bits per heavy atom. The number of aromatic amines is 1. The van der Waals surface area contributed by atoms with E-state index < -0.39 is 0 Å². The molecular weight excluding hydrogens is 332 g/mol. The highest BCUT2D eigenvalue weighted by Crippen LogP contribution is 2.32. The molecule has 0 unspecified atom stereocenters. The van der Waals surface area contributed by atoms with Crippen LogP contribution in [-0.4, -0.2) is 17.7 Å². The molecule has 4 aromatic rings. The van der Waals surface area contributed by atoms with E-state index in [2.05, 4.69) is 101 Å². The highest BCUT2D eigenvalue weighted by atomic mass is 16.6. The third-order valence-electron chi connectivity index (χ3n) is 4.97. The van der Waals surface area contributed by atoms with E-state index in [9.17, 15) is 0 Å². The molecule has 3 nitrogen and oxygen atoms in total. The van der Waals surface area contributed by atoms with Crippen molar-refractivity contribution >= 4 is 0 Å². The van der Waals surface area contributed by atoms with Crippen molar-refractivity contribution in [2.24, 2.45) is 0 Å². The molecular formula is C24H21N2O+. The van der Waals surface area contributed by atoms with Crippen molar-refractivity contribution < 1.29 is 9.30 Å². The second-order valence-corrected chi connectivity index (χ2v) is 6.86. The van der Waals surface area contributed by atoms with Crippen LogP contribution in [-0.2, 0) is 11.3 Å². The van der Waals surface area contributed by atoms with Gasteiger partial charge in [-0.3, -0.25) is 0 Å². The molecule has 1 N–H and O–H groups in total. The van der Waals surface area contributed by atoms with Gasteiger partial charge in [0, 0.05) is 11.1 Å². The van der Waals surface area contributed by atoms with E-state index in [1.807, 2.05) is 0 Å².